The highest BCUT2D eigenvalue weighted by Gasteiger charge is 2.16. The molecule has 1 aromatic carbocycles. The van der Waals surface area contributed by atoms with E-state index in [1.807, 2.05) is 24.3 Å². The lowest BCUT2D eigenvalue weighted by molar-refractivity contribution is -0.657. The van der Waals surface area contributed by atoms with Crippen LogP contribution in [0, 0.1) is 0 Å². The Hall–Kier alpha value is -2.04. The van der Waals surface area contributed by atoms with Crippen LogP contribution in [-0.4, -0.2) is 12.4 Å². The standard InChI is InChI=1S/C9H10N3O2/c1-13-8-5-3-2-4-7(8)12-9(10)6-14-11-12/h2-6H,10H2,1H3/q+1. The van der Waals surface area contributed by atoms with Crippen LogP contribution in [0.15, 0.2) is 35.1 Å². The van der Waals surface area contributed by atoms with E-state index in [2.05, 4.69) is 5.27 Å². The molecular formula is C9H10N3O2+. The zero-order chi connectivity index (χ0) is 9.97. The van der Waals surface area contributed by atoms with Gasteiger partial charge in [-0.3, -0.25) is 5.73 Å². The molecule has 2 rings (SSSR count). The van der Waals surface area contributed by atoms with Crippen molar-refractivity contribution in [1.82, 2.24) is 5.27 Å². The predicted molar refractivity (Wildman–Crippen MR) is 49.0 cm³/mol. The van der Waals surface area contributed by atoms with Crippen molar-refractivity contribution in [3.05, 3.63) is 30.5 Å². The van der Waals surface area contributed by atoms with Gasteiger partial charge in [0.2, 0.25) is 12.0 Å². The van der Waals surface area contributed by atoms with Gasteiger partial charge in [0, 0.05) is 0 Å². The highest BCUT2D eigenvalue weighted by Crippen LogP contribution is 2.17. The van der Waals surface area contributed by atoms with Crippen LogP contribution in [0.4, 0.5) is 5.82 Å². The van der Waals surface area contributed by atoms with Crippen molar-refractivity contribution in [2.45, 2.75) is 0 Å². The van der Waals surface area contributed by atoms with Gasteiger partial charge in [-0.15, -0.1) is 0 Å². The van der Waals surface area contributed by atoms with E-state index in [1.165, 1.54) is 10.9 Å². The number of nitrogens with two attached hydrogens (primary N) is 1. The smallest absolute Gasteiger partial charge is 0.340 e. The van der Waals surface area contributed by atoms with E-state index in [9.17, 15) is 0 Å². The van der Waals surface area contributed by atoms with Crippen LogP contribution in [-0.2, 0) is 0 Å². The third kappa shape index (κ3) is 1.28. The number of nitrogen functional groups attached to an aromatic ring is 1. The molecule has 0 atom stereocenters. The van der Waals surface area contributed by atoms with Gasteiger partial charge in [0.1, 0.15) is 5.27 Å². The number of aromatic nitrogens is 2. The average molecular weight is 192 g/mol. The zero-order valence-corrected chi connectivity index (χ0v) is 7.68. The Bertz CT molecular complexity index is 439. The van der Waals surface area contributed by atoms with E-state index >= 15 is 0 Å². The van der Waals surface area contributed by atoms with Crippen molar-refractivity contribution in [3.63, 3.8) is 0 Å². The number of hydrogen-bond acceptors (Lipinski definition) is 4. The summed E-state index contributed by atoms with van der Waals surface area (Å²) in [6.07, 6.45) is 1.37. The van der Waals surface area contributed by atoms with Gasteiger partial charge in [-0.2, -0.15) is 0 Å². The summed E-state index contributed by atoms with van der Waals surface area (Å²) >= 11 is 0. The van der Waals surface area contributed by atoms with Gasteiger partial charge >= 0.3 is 5.82 Å². The molecule has 14 heavy (non-hydrogen) atoms. The fourth-order valence-electron chi connectivity index (χ4n) is 1.21. The molecule has 2 N–H and O–H groups in total. The number of anilines is 1. The summed E-state index contributed by atoms with van der Waals surface area (Å²) in [7, 11) is 1.59. The van der Waals surface area contributed by atoms with Crippen LogP contribution in [0.1, 0.15) is 0 Å². The van der Waals surface area contributed by atoms with Gasteiger partial charge in [0.15, 0.2) is 5.75 Å². The van der Waals surface area contributed by atoms with Crippen molar-refractivity contribution in [1.29, 1.82) is 0 Å². The molecule has 0 bridgehead atoms. The lowest BCUT2D eigenvalue weighted by Crippen LogP contribution is -2.35. The molecule has 0 radical (unpaired) electrons. The third-order valence-corrected chi connectivity index (χ3v) is 1.86. The molecule has 0 aliphatic heterocycles. The lowest BCUT2D eigenvalue weighted by Gasteiger charge is -2.01. The monoisotopic (exact) mass is 192 g/mol. The first-order chi connectivity index (χ1) is 6.83. The molecule has 1 heterocycles. The highest BCUT2D eigenvalue weighted by atomic mass is 16.5. The van der Waals surface area contributed by atoms with Crippen molar-refractivity contribution in [2.24, 2.45) is 0 Å². The molecule has 0 fully saturated rings. The van der Waals surface area contributed by atoms with E-state index in [0.29, 0.717) is 11.6 Å². The number of rotatable bonds is 2. The SMILES string of the molecule is COc1ccccc1-[n+]1nocc1N. The van der Waals surface area contributed by atoms with Crippen LogP contribution in [0.5, 0.6) is 5.75 Å². The first-order valence-corrected chi connectivity index (χ1v) is 4.08. The largest absolute Gasteiger partial charge is 0.492 e. The number of nitrogens with zero attached hydrogens (tertiary/aromatic N) is 2. The van der Waals surface area contributed by atoms with Crippen molar-refractivity contribution >= 4 is 5.82 Å². The Kier molecular flexibility index (Phi) is 2.06. The number of methoxy groups -OCH3 is 1. The quantitative estimate of drug-likeness (QED) is 0.705. The molecule has 0 saturated carbocycles. The van der Waals surface area contributed by atoms with Crippen molar-refractivity contribution < 1.29 is 13.9 Å². The Morgan fingerprint density at radius 3 is 2.86 bits per heavy atom. The second kappa shape index (κ2) is 3.37. The molecule has 5 heteroatoms. The molecule has 0 amide bonds. The molecule has 2 aromatic rings. The Labute approximate surface area is 80.7 Å². The minimum atomic E-state index is 0.425. The number of para-hydroxylation sites is 2. The number of benzene rings is 1. The van der Waals surface area contributed by atoms with Crippen LogP contribution < -0.4 is 15.2 Å². The summed E-state index contributed by atoms with van der Waals surface area (Å²) in [5.74, 6) is 1.12. The Balaban J connectivity index is 2.56. The number of hydrogen-bond donors (Lipinski definition) is 1. The first kappa shape index (κ1) is 8.55. The van der Waals surface area contributed by atoms with Gasteiger partial charge in [0.05, 0.1) is 7.11 Å². The van der Waals surface area contributed by atoms with Crippen LogP contribution in [0.2, 0.25) is 0 Å². The molecule has 72 valence electrons. The molecule has 0 aliphatic carbocycles. The molecule has 1 aromatic heterocycles. The topological polar surface area (TPSA) is 65.2 Å². The summed E-state index contributed by atoms with van der Waals surface area (Å²) in [6, 6.07) is 7.42. The summed E-state index contributed by atoms with van der Waals surface area (Å²) in [5.41, 5.74) is 6.40. The molecule has 0 unspecified atom stereocenters. The van der Waals surface area contributed by atoms with Gasteiger partial charge in [-0.25, -0.2) is 0 Å². The maximum atomic E-state index is 5.65. The Morgan fingerprint density at radius 2 is 2.21 bits per heavy atom. The Morgan fingerprint density at radius 1 is 1.43 bits per heavy atom. The van der Waals surface area contributed by atoms with E-state index < -0.39 is 0 Å². The van der Waals surface area contributed by atoms with Crippen molar-refractivity contribution in [2.75, 3.05) is 12.8 Å². The minimum Gasteiger partial charge on any atom is -0.492 e. The minimum absolute atomic E-state index is 0.425. The van der Waals surface area contributed by atoms with E-state index in [-0.39, 0.29) is 0 Å². The van der Waals surface area contributed by atoms with E-state index in [1.54, 1.807) is 7.11 Å². The molecular weight excluding hydrogens is 182 g/mol. The van der Waals surface area contributed by atoms with E-state index in [4.69, 9.17) is 15.0 Å². The maximum Gasteiger partial charge on any atom is 0.340 e. The summed E-state index contributed by atoms with van der Waals surface area (Å²) in [6.45, 7) is 0. The molecule has 0 spiro atoms. The highest BCUT2D eigenvalue weighted by molar-refractivity contribution is 5.40. The third-order valence-electron chi connectivity index (χ3n) is 1.86. The number of ether oxygens (including phenoxy) is 1. The maximum absolute atomic E-state index is 5.65. The normalized spacial score (nSPS) is 10.1. The average Bonchev–Trinajstić information content (AvgIpc) is 2.64. The lowest BCUT2D eigenvalue weighted by atomic mass is 10.3. The predicted octanol–water partition coefficient (Wildman–Crippen LogP) is 0.542. The summed E-state index contributed by atoms with van der Waals surface area (Å²) in [4.78, 5) is 0. The second-order valence-electron chi connectivity index (χ2n) is 2.71. The zero-order valence-electron chi connectivity index (χ0n) is 7.68. The molecule has 5 nitrogen and oxygen atoms in total. The van der Waals surface area contributed by atoms with Gasteiger partial charge < -0.3 is 9.26 Å². The summed E-state index contributed by atoms with van der Waals surface area (Å²) in [5, 5.41) is 3.73. The van der Waals surface area contributed by atoms with Crippen LogP contribution in [0.25, 0.3) is 5.69 Å². The van der Waals surface area contributed by atoms with Crippen LogP contribution >= 0.6 is 0 Å². The fourth-order valence-corrected chi connectivity index (χ4v) is 1.21. The molecule has 0 aliphatic rings. The second-order valence-corrected chi connectivity index (χ2v) is 2.71. The first-order valence-electron chi connectivity index (χ1n) is 4.08. The van der Waals surface area contributed by atoms with Gasteiger partial charge in [-0.1, -0.05) is 16.8 Å². The molecule has 0 saturated heterocycles. The van der Waals surface area contributed by atoms with E-state index in [0.717, 1.165) is 5.69 Å². The van der Waals surface area contributed by atoms with Gasteiger partial charge in [-0.05, 0) is 12.1 Å². The van der Waals surface area contributed by atoms with Crippen molar-refractivity contribution in [3.8, 4) is 11.4 Å². The summed E-state index contributed by atoms with van der Waals surface area (Å²) < 4.78 is 11.4. The van der Waals surface area contributed by atoms with Crippen LogP contribution in [0.3, 0.4) is 0 Å². The van der Waals surface area contributed by atoms with Gasteiger partial charge in [0.25, 0.3) is 0 Å². The fraction of sp³-hybridized carbons (Fsp3) is 0.111.